The van der Waals surface area contributed by atoms with Crippen molar-refractivity contribution in [2.75, 3.05) is 0 Å². The molecule has 4 nitrogen and oxygen atoms in total. The molecule has 2 heterocycles. The maximum atomic E-state index is 14.3. The van der Waals surface area contributed by atoms with E-state index in [1.807, 2.05) is 58.9 Å². The van der Waals surface area contributed by atoms with Crippen LogP contribution in [0.2, 0.25) is 0 Å². The fourth-order valence-electron chi connectivity index (χ4n) is 5.91. The molecule has 0 amide bonds. The van der Waals surface area contributed by atoms with Crippen LogP contribution in [0.3, 0.4) is 0 Å². The van der Waals surface area contributed by atoms with E-state index in [4.69, 9.17) is 4.42 Å². The van der Waals surface area contributed by atoms with E-state index in [0.717, 1.165) is 69.8 Å². The number of hydrogen-bond donors (Lipinski definition) is 1. The number of carbonyl (C=O) groups is 1. The number of allylic oxidation sites excluding steroid dienone is 2. The molecule has 6 heteroatoms. The Morgan fingerprint density at radius 3 is 2.16 bits per heavy atom. The zero-order valence-corrected chi connectivity index (χ0v) is 30.1. The third-order valence-electron chi connectivity index (χ3n) is 8.58. The fourth-order valence-corrected chi connectivity index (χ4v) is 5.91. The maximum Gasteiger partial charge on any atom is 0.162 e. The molecule has 45 heavy (non-hydrogen) atoms. The van der Waals surface area contributed by atoms with Gasteiger partial charge in [0.2, 0.25) is 0 Å². The summed E-state index contributed by atoms with van der Waals surface area (Å²) in [5, 5.41) is 14.3. The standard InChI is InChI=1S/C26H21FNO.C13H24O2.Ir/c1-15-12-21-22(26(2,3)4)13-16(14-24(21)29-15)25-20-9-8-19-17(6-5-7-23(19)27)18(20)10-11-28-25;1-5-10(6-2)12(14)9-13(15)11(7-3)8-4;/h5-13H,1-4H3;9-11,14H,5-8H2,1-4H3;/q-1;;/b;12-9-;. The number of carbonyl (C=O) groups excluding carboxylic acids is 1. The zero-order valence-electron chi connectivity index (χ0n) is 27.7. The Hall–Kier alpha value is -3.34. The Labute approximate surface area is 280 Å². The fraction of sp³-hybridized carbons (Fsp3) is 0.385. The average Bonchev–Trinajstić information content (AvgIpc) is 3.37. The molecule has 3 aromatic carbocycles. The van der Waals surface area contributed by atoms with Gasteiger partial charge in [-0.15, -0.1) is 17.2 Å². The first kappa shape index (κ1) is 36.1. The van der Waals surface area contributed by atoms with Crippen LogP contribution in [0.15, 0.2) is 71.0 Å². The monoisotopic (exact) mass is 787 g/mol. The van der Waals surface area contributed by atoms with Crippen molar-refractivity contribution in [1.82, 2.24) is 4.98 Å². The molecule has 0 saturated carbocycles. The van der Waals surface area contributed by atoms with Gasteiger partial charge in [-0.05, 0) is 72.0 Å². The van der Waals surface area contributed by atoms with Crippen LogP contribution in [0.4, 0.5) is 4.39 Å². The number of furan rings is 1. The number of aliphatic hydroxyl groups excluding tert-OH is 1. The smallest absolute Gasteiger partial charge is 0.162 e. The van der Waals surface area contributed by atoms with E-state index >= 15 is 0 Å². The molecule has 1 N–H and O–H groups in total. The topological polar surface area (TPSA) is 63.3 Å². The van der Waals surface area contributed by atoms with Crippen LogP contribution in [-0.4, -0.2) is 15.9 Å². The van der Waals surface area contributed by atoms with Crippen molar-refractivity contribution < 1.29 is 38.8 Å². The van der Waals surface area contributed by atoms with Crippen LogP contribution < -0.4 is 0 Å². The molecule has 0 spiro atoms. The van der Waals surface area contributed by atoms with E-state index in [9.17, 15) is 14.3 Å². The second-order valence-corrected chi connectivity index (χ2v) is 12.6. The van der Waals surface area contributed by atoms with Crippen LogP contribution in [-0.2, 0) is 30.3 Å². The third kappa shape index (κ3) is 7.91. The first-order valence-electron chi connectivity index (χ1n) is 15.8. The van der Waals surface area contributed by atoms with E-state index in [0.29, 0.717) is 5.39 Å². The minimum atomic E-state index is -0.211. The van der Waals surface area contributed by atoms with Crippen molar-refractivity contribution in [2.45, 2.75) is 86.5 Å². The number of aryl methyl sites for hydroxylation is 1. The van der Waals surface area contributed by atoms with Gasteiger partial charge in [0.25, 0.3) is 0 Å². The van der Waals surface area contributed by atoms with Gasteiger partial charge in [-0.2, -0.15) is 0 Å². The van der Waals surface area contributed by atoms with Crippen molar-refractivity contribution in [1.29, 1.82) is 0 Å². The van der Waals surface area contributed by atoms with Gasteiger partial charge < -0.3 is 14.5 Å². The Kier molecular flexibility index (Phi) is 12.3. The maximum absolute atomic E-state index is 14.3. The van der Waals surface area contributed by atoms with E-state index in [1.165, 1.54) is 17.7 Å². The Bertz CT molecular complexity index is 1810. The first-order valence-corrected chi connectivity index (χ1v) is 15.8. The van der Waals surface area contributed by atoms with Crippen LogP contribution in [0, 0.1) is 30.6 Å². The molecular formula is C39H45FIrNO3-. The van der Waals surface area contributed by atoms with E-state index < -0.39 is 0 Å². The molecule has 5 rings (SSSR count). The number of aliphatic hydroxyl groups is 1. The predicted molar refractivity (Wildman–Crippen MR) is 181 cm³/mol. The van der Waals surface area contributed by atoms with Crippen molar-refractivity contribution >= 4 is 38.3 Å². The van der Waals surface area contributed by atoms with Crippen molar-refractivity contribution in [3.63, 3.8) is 0 Å². The predicted octanol–water partition coefficient (Wildman–Crippen LogP) is 11.2. The molecule has 0 fully saturated rings. The van der Waals surface area contributed by atoms with Gasteiger partial charge in [-0.25, -0.2) is 4.39 Å². The van der Waals surface area contributed by atoms with Gasteiger partial charge >= 0.3 is 0 Å². The number of ketones is 1. The molecule has 0 atom stereocenters. The zero-order chi connectivity index (χ0) is 32.2. The Morgan fingerprint density at radius 2 is 1.53 bits per heavy atom. The SMILES string of the molecule is CCC(CC)C(=O)/C=C(\O)C(CC)CC.Cc1cc2c(C(C)(C)C)cc(-c3nccc4c3ccc3c(F)cccc34)[c-]c2o1.[Ir]. The van der Waals surface area contributed by atoms with Gasteiger partial charge in [0.05, 0.1) is 17.1 Å². The second-order valence-electron chi connectivity index (χ2n) is 12.6. The molecule has 0 aliphatic heterocycles. The number of aromatic nitrogens is 1. The summed E-state index contributed by atoms with van der Waals surface area (Å²) >= 11 is 0. The van der Waals surface area contributed by atoms with Gasteiger partial charge in [-0.1, -0.05) is 90.3 Å². The summed E-state index contributed by atoms with van der Waals surface area (Å²) in [5.41, 5.74) is 3.60. The number of nitrogens with zero attached hydrogens (tertiary/aromatic N) is 1. The van der Waals surface area contributed by atoms with Gasteiger partial charge in [0.1, 0.15) is 5.82 Å². The van der Waals surface area contributed by atoms with Crippen molar-refractivity contribution in [2.24, 2.45) is 11.8 Å². The first-order chi connectivity index (χ1) is 20.9. The summed E-state index contributed by atoms with van der Waals surface area (Å²) in [7, 11) is 0. The molecule has 5 aromatic rings. The number of fused-ring (bicyclic) bond motifs is 4. The summed E-state index contributed by atoms with van der Waals surface area (Å²) in [5.74, 6) is 1.20. The van der Waals surface area contributed by atoms with Crippen LogP contribution >= 0.6 is 0 Å². The largest absolute Gasteiger partial charge is 0.512 e. The van der Waals surface area contributed by atoms with E-state index in [1.54, 1.807) is 12.3 Å². The van der Waals surface area contributed by atoms with E-state index in [-0.39, 0.29) is 54.7 Å². The number of halogens is 1. The summed E-state index contributed by atoms with van der Waals surface area (Å²) in [4.78, 5) is 16.4. The number of hydrogen-bond acceptors (Lipinski definition) is 4. The summed E-state index contributed by atoms with van der Waals surface area (Å²) < 4.78 is 20.2. The second kappa shape index (κ2) is 15.3. The normalized spacial score (nSPS) is 12.1. The molecule has 241 valence electrons. The number of pyridine rings is 1. The van der Waals surface area contributed by atoms with Crippen molar-refractivity contribution in [3.8, 4) is 11.3 Å². The molecule has 0 unspecified atom stereocenters. The molecular weight excluding hydrogens is 742 g/mol. The quantitative estimate of drug-likeness (QED) is 0.0736. The third-order valence-corrected chi connectivity index (χ3v) is 8.58. The Balaban J connectivity index is 0.000000297. The molecule has 0 aliphatic rings. The summed E-state index contributed by atoms with van der Waals surface area (Å²) in [6.07, 6.45) is 6.69. The van der Waals surface area contributed by atoms with Gasteiger partial charge in [0.15, 0.2) is 5.78 Å². The van der Waals surface area contributed by atoms with Crippen molar-refractivity contribution in [3.05, 3.63) is 89.8 Å². The van der Waals surface area contributed by atoms with E-state index in [2.05, 4.69) is 44.0 Å². The number of rotatable bonds is 8. The summed E-state index contributed by atoms with van der Waals surface area (Å²) in [6.45, 7) is 16.6. The minimum Gasteiger partial charge on any atom is -0.512 e. The summed E-state index contributed by atoms with van der Waals surface area (Å²) in [6, 6.07) is 18.6. The molecule has 1 radical (unpaired) electrons. The average molecular weight is 787 g/mol. The van der Waals surface area contributed by atoms with Crippen LogP contribution in [0.5, 0.6) is 0 Å². The van der Waals surface area contributed by atoms with Gasteiger partial charge in [0, 0.05) is 49.6 Å². The van der Waals surface area contributed by atoms with Crippen LogP contribution in [0.1, 0.15) is 85.5 Å². The molecule has 0 bridgehead atoms. The molecule has 0 aliphatic carbocycles. The molecule has 2 aromatic heterocycles. The Morgan fingerprint density at radius 1 is 0.911 bits per heavy atom. The van der Waals surface area contributed by atoms with Gasteiger partial charge in [-0.3, -0.25) is 4.79 Å². The minimum absolute atomic E-state index is 0. The molecule has 0 saturated heterocycles. The number of benzene rings is 3. The van der Waals surface area contributed by atoms with Crippen LogP contribution in [0.25, 0.3) is 43.8 Å².